The maximum Gasteiger partial charge on any atom is 0.265 e. The van der Waals surface area contributed by atoms with Gasteiger partial charge in [-0.3, -0.25) is 14.4 Å². The highest BCUT2D eigenvalue weighted by Gasteiger charge is 2.37. The summed E-state index contributed by atoms with van der Waals surface area (Å²) in [5.41, 5.74) is 1.53. The summed E-state index contributed by atoms with van der Waals surface area (Å²) in [6, 6.07) is 12.1. The van der Waals surface area contributed by atoms with E-state index in [1.165, 1.54) is 0 Å². The number of anilines is 2. The predicted octanol–water partition coefficient (Wildman–Crippen LogP) is 2.73. The molecule has 2 saturated heterocycles. The Bertz CT molecular complexity index is 1100. The number of hydrogen-bond donors (Lipinski definition) is 0. The molecular weight excluding hydrogens is 446 g/mol. The third-order valence-electron chi connectivity index (χ3n) is 6.17. The molecule has 1 atom stereocenters. The van der Waals surface area contributed by atoms with Crippen LogP contribution in [0.2, 0.25) is 5.02 Å². The Hall–Kier alpha value is -3.10. The largest absolute Gasteiger partial charge is 0.476 e. The fourth-order valence-corrected chi connectivity index (χ4v) is 4.67. The lowest BCUT2D eigenvalue weighted by atomic mass is 10.1. The van der Waals surface area contributed by atoms with Gasteiger partial charge in [0.2, 0.25) is 5.91 Å². The second-order valence-electron chi connectivity index (χ2n) is 8.24. The van der Waals surface area contributed by atoms with Crippen molar-refractivity contribution in [3.05, 3.63) is 53.1 Å². The molecule has 0 bridgehead atoms. The van der Waals surface area contributed by atoms with Crippen molar-refractivity contribution < 1.29 is 23.9 Å². The quantitative estimate of drug-likeness (QED) is 0.690. The zero-order valence-electron chi connectivity index (χ0n) is 18.0. The highest BCUT2D eigenvalue weighted by atomic mass is 35.5. The molecule has 2 fully saturated rings. The van der Waals surface area contributed by atoms with Crippen molar-refractivity contribution in [1.82, 2.24) is 4.90 Å². The molecule has 0 aromatic heterocycles. The number of hydrogen-bond acceptors (Lipinski definition) is 5. The van der Waals surface area contributed by atoms with Crippen LogP contribution in [0.25, 0.3) is 0 Å². The van der Waals surface area contributed by atoms with Crippen LogP contribution in [-0.4, -0.2) is 68.1 Å². The number of benzene rings is 2. The van der Waals surface area contributed by atoms with Crippen LogP contribution in [0.1, 0.15) is 23.2 Å². The van der Waals surface area contributed by atoms with Gasteiger partial charge in [0.1, 0.15) is 5.75 Å². The third-order valence-corrected chi connectivity index (χ3v) is 6.49. The maximum absolute atomic E-state index is 13.6. The summed E-state index contributed by atoms with van der Waals surface area (Å²) >= 11 is 6.36. The number of amides is 3. The van der Waals surface area contributed by atoms with Gasteiger partial charge >= 0.3 is 0 Å². The Morgan fingerprint density at radius 3 is 2.55 bits per heavy atom. The van der Waals surface area contributed by atoms with Crippen LogP contribution in [-0.2, 0) is 14.3 Å². The number of rotatable bonds is 3. The van der Waals surface area contributed by atoms with Gasteiger partial charge < -0.3 is 24.2 Å². The van der Waals surface area contributed by atoms with Gasteiger partial charge in [0.15, 0.2) is 6.10 Å². The first-order valence-corrected chi connectivity index (χ1v) is 11.4. The van der Waals surface area contributed by atoms with Crippen LogP contribution in [0.4, 0.5) is 11.4 Å². The topological polar surface area (TPSA) is 79.4 Å². The Labute approximate surface area is 196 Å². The van der Waals surface area contributed by atoms with Crippen molar-refractivity contribution in [1.29, 1.82) is 0 Å². The highest BCUT2D eigenvalue weighted by molar-refractivity contribution is 6.34. The summed E-state index contributed by atoms with van der Waals surface area (Å²) in [7, 11) is 0. The standard InChI is InChI=1S/C24H24ClN3O5/c25-17-8-7-16(14-19(17)27-9-3-6-22(27)29)23(30)28-15-21(24(31)26-10-12-32-13-11-26)33-20-5-2-1-4-18(20)28/h1-2,4-5,7-8,14,21H,3,6,9-13,15H2/t21-/m0/s1. The monoisotopic (exact) mass is 469 g/mol. The Morgan fingerprint density at radius 1 is 1.00 bits per heavy atom. The molecule has 33 heavy (non-hydrogen) atoms. The van der Waals surface area contributed by atoms with Crippen molar-refractivity contribution in [2.45, 2.75) is 18.9 Å². The molecule has 3 aliphatic heterocycles. The number of carbonyl (C=O) groups excluding carboxylic acids is 3. The number of nitrogens with zero attached hydrogens (tertiary/aromatic N) is 3. The van der Waals surface area contributed by atoms with E-state index in [1.54, 1.807) is 45.0 Å². The van der Waals surface area contributed by atoms with E-state index in [4.69, 9.17) is 21.1 Å². The van der Waals surface area contributed by atoms with Crippen LogP contribution in [0.15, 0.2) is 42.5 Å². The number of morpholine rings is 1. The van der Waals surface area contributed by atoms with Gasteiger partial charge in [-0.05, 0) is 36.8 Å². The molecular formula is C24H24ClN3O5. The van der Waals surface area contributed by atoms with E-state index in [9.17, 15) is 14.4 Å². The molecule has 0 N–H and O–H groups in total. The van der Waals surface area contributed by atoms with Gasteiger partial charge in [-0.25, -0.2) is 0 Å². The SMILES string of the molecule is O=C([C@@H]1CN(C(=O)c2ccc(Cl)c(N3CCCC3=O)c2)c2ccccc2O1)N1CCOCC1. The molecule has 9 heteroatoms. The lowest BCUT2D eigenvalue weighted by Gasteiger charge is -2.37. The number of carbonyl (C=O) groups is 3. The number of para-hydroxylation sites is 2. The molecule has 8 nitrogen and oxygen atoms in total. The first-order chi connectivity index (χ1) is 16.0. The van der Waals surface area contributed by atoms with Gasteiger partial charge in [-0.2, -0.15) is 0 Å². The zero-order chi connectivity index (χ0) is 22.9. The van der Waals surface area contributed by atoms with Crippen LogP contribution < -0.4 is 14.5 Å². The summed E-state index contributed by atoms with van der Waals surface area (Å²) in [5.74, 6) is 0.0298. The molecule has 5 rings (SSSR count). The highest BCUT2D eigenvalue weighted by Crippen LogP contribution is 2.36. The molecule has 3 aliphatic rings. The van der Waals surface area contributed by atoms with Crippen LogP contribution in [0, 0.1) is 0 Å². The minimum Gasteiger partial charge on any atom is -0.476 e. The third kappa shape index (κ3) is 4.16. The average molecular weight is 470 g/mol. The molecule has 0 aliphatic carbocycles. The van der Waals surface area contributed by atoms with E-state index in [-0.39, 0.29) is 24.3 Å². The predicted molar refractivity (Wildman–Crippen MR) is 123 cm³/mol. The second kappa shape index (κ2) is 9.03. The van der Waals surface area contributed by atoms with Crippen molar-refractivity contribution in [2.24, 2.45) is 0 Å². The van der Waals surface area contributed by atoms with Crippen LogP contribution >= 0.6 is 11.6 Å². The van der Waals surface area contributed by atoms with Crippen molar-refractivity contribution in [2.75, 3.05) is 49.2 Å². The minimum atomic E-state index is -0.811. The van der Waals surface area contributed by atoms with Gasteiger partial charge in [0.25, 0.3) is 11.8 Å². The minimum absolute atomic E-state index is 0.00520. The first kappa shape index (κ1) is 21.7. The van der Waals surface area contributed by atoms with Crippen molar-refractivity contribution in [3.63, 3.8) is 0 Å². The van der Waals surface area contributed by atoms with E-state index in [0.717, 1.165) is 6.42 Å². The molecule has 2 aromatic rings. The molecule has 3 heterocycles. The van der Waals surface area contributed by atoms with Gasteiger partial charge in [0, 0.05) is 31.6 Å². The Morgan fingerprint density at radius 2 is 1.79 bits per heavy atom. The maximum atomic E-state index is 13.6. The van der Waals surface area contributed by atoms with Crippen LogP contribution in [0.3, 0.4) is 0 Å². The Balaban J connectivity index is 1.45. The Kier molecular flexibility index (Phi) is 5.95. The zero-order valence-corrected chi connectivity index (χ0v) is 18.8. The lowest BCUT2D eigenvalue weighted by Crippen LogP contribution is -2.54. The summed E-state index contributed by atoms with van der Waals surface area (Å²) in [6.45, 7) is 2.64. The van der Waals surface area contributed by atoms with Gasteiger partial charge in [-0.1, -0.05) is 23.7 Å². The normalized spacial score (nSPS) is 20.5. The van der Waals surface area contributed by atoms with E-state index < -0.39 is 6.10 Å². The number of halogens is 1. The molecule has 3 amide bonds. The lowest BCUT2D eigenvalue weighted by molar-refractivity contribution is -0.142. The fraction of sp³-hybridized carbons (Fsp3) is 0.375. The number of ether oxygens (including phenoxy) is 2. The van der Waals surface area contributed by atoms with Crippen molar-refractivity contribution in [3.8, 4) is 5.75 Å². The van der Waals surface area contributed by atoms with E-state index in [2.05, 4.69) is 0 Å². The van der Waals surface area contributed by atoms with E-state index in [1.807, 2.05) is 12.1 Å². The number of fused-ring (bicyclic) bond motifs is 1. The van der Waals surface area contributed by atoms with Crippen LogP contribution in [0.5, 0.6) is 5.75 Å². The van der Waals surface area contributed by atoms with E-state index >= 15 is 0 Å². The van der Waals surface area contributed by atoms with Gasteiger partial charge in [0.05, 0.1) is 36.2 Å². The fourth-order valence-electron chi connectivity index (χ4n) is 4.45. The van der Waals surface area contributed by atoms with E-state index in [0.29, 0.717) is 67.0 Å². The summed E-state index contributed by atoms with van der Waals surface area (Å²) in [6.07, 6.45) is 0.417. The average Bonchev–Trinajstić information content (AvgIpc) is 3.28. The summed E-state index contributed by atoms with van der Waals surface area (Å²) in [4.78, 5) is 43.9. The summed E-state index contributed by atoms with van der Waals surface area (Å²) in [5, 5.41) is 0.421. The molecule has 172 valence electrons. The van der Waals surface area contributed by atoms with Gasteiger partial charge in [-0.15, -0.1) is 0 Å². The summed E-state index contributed by atoms with van der Waals surface area (Å²) < 4.78 is 11.3. The molecule has 0 spiro atoms. The molecule has 0 radical (unpaired) electrons. The second-order valence-corrected chi connectivity index (χ2v) is 8.65. The van der Waals surface area contributed by atoms with Crippen molar-refractivity contribution >= 4 is 40.7 Å². The molecule has 2 aromatic carbocycles. The smallest absolute Gasteiger partial charge is 0.265 e. The first-order valence-electron chi connectivity index (χ1n) is 11.1. The molecule has 0 unspecified atom stereocenters. The molecule has 0 saturated carbocycles.